The van der Waals surface area contributed by atoms with Gasteiger partial charge in [0, 0.05) is 9.81 Å². The largest absolute Gasteiger partial charge is 0.416 e. The molecule has 132 valence electrons. The molecule has 0 aliphatic heterocycles. The average Bonchev–Trinajstić information content (AvgIpc) is 3.05. The van der Waals surface area contributed by atoms with Crippen LogP contribution >= 0.6 is 11.8 Å². The standard InChI is InChI=1S/C19H23F3OS/c1-12(2)18(17(23)15-6-4-5-7-15)24-13(3)14-8-10-16(11-9-14)19(20,21)22/h8-11,15,17,23H,3-7H2,1-2H3. The monoisotopic (exact) mass is 356 g/mol. The molecular formula is C19H23F3OS. The first kappa shape index (κ1) is 19.1. The summed E-state index contributed by atoms with van der Waals surface area (Å²) in [5.74, 6) is 0.266. The van der Waals surface area contributed by atoms with Crippen LogP contribution < -0.4 is 0 Å². The highest BCUT2D eigenvalue weighted by Crippen LogP contribution is 2.41. The second-order valence-corrected chi connectivity index (χ2v) is 7.59. The predicted octanol–water partition coefficient (Wildman–Crippen LogP) is 6.25. The number of rotatable bonds is 5. The second-order valence-electron chi connectivity index (χ2n) is 6.45. The summed E-state index contributed by atoms with van der Waals surface area (Å²) >= 11 is 1.37. The molecule has 5 heteroatoms. The summed E-state index contributed by atoms with van der Waals surface area (Å²) in [6.45, 7) is 7.87. The van der Waals surface area contributed by atoms with Crippen LogP contribution in [0.5, 0.6) is 0 Å². The van der Waals surface area contributed by atoms with Crippen LogP contribution in [0, 0.1) is 5.92 Å². The Hall–Kier alpha value is -1.20. The third kappa shape index (κ3) is 4.67. The quantitative estimate of drug-likeness (QED) is 0.672. The van der Waals surface area contributed by atoms with E-state index in [0.717, 1.165) is 48.3 Å². The van der Waals surface area contributed by atoms with Crippen molar-refractivity contribution >= 4 is 16.7 Å². The number of thioether (sulfide) groups is 1. The van der Waals surface area contributed by atoms with Crippen molar-refractivity contribution in [3.63, 3.8) is 0 Å². The van der Waals surface area contributed by atoms with Crippen molar-refractivity contribution in [2.45, 2.75) is 51.8 Å². The van der Waals surface area contributed by atoms with Gasteiger partial charge in [-0.15, -0.1) is 0 Å². The lowest BCUT2D eigenvalue weighted by atomic mass is 9.99. The Morgan fingerprint density at radius 1 is 1.17 bits per heavy atom. The second kappa shape index (κ2) is 7.79. The number of allylic oxidation sites excluding steroid dienone is 1. The molecule has 0 bridgehead atoms. The van der Waals surface area contributed by atoms with Gasteiger partial charge in [0.1, 0.15) is 0 Å². The zero-order valence-corrected chi connectivity index (χ0v) is 14.8. The zero-order valence-electron chi connectivity index (χ0n) is 14.0. The van der Waals surface area contributed by atoms with Gasteiger partial charge < -0.3 is 5.11 Å². The van der Waals surface area contributed by atoms with Crippen molar-refractivity contribution in [1.29, 1.82) is 0 Å². The highest BCUT2D eigenvalue weighted by molar-refractivity contribution is 8.11. The summed E-state index contributed by atoms with van der Waals surface area (Å²) in [5.41, 5.74) is 0.996. The molecule has 1 aromatic carbocycles. The molecule has 1 atom stereocenters. The maximum atomic E-state index is 12.6. The molecule has 1 aromatic rings. The molecule has 0 radical (unpaired) electrons. The number of benzene rings is 1. The third-order valence-corrected chi connectivity index (χ3v) is 5.73. The van der Waals surface area contributed by atoms with E-state index in [1.54, 1.807) is 0 Å². The first-order valence-corrected chi connectivity index (χ1v) is 8.91. The normalized spacial score (nSPS) is 16.9. The topological polar surface area (TPSA) is 20.2 Å². The van der Waals surface area contributed by atoms with E-state index in [9.17, 15) is 18.3 Å². The van der Waals surface area contributed by atoms with Crippen LogP contribution in [-0.2, 0) is 6.18 Å². The lowest BCUT2D eigenvalue weighted by Crippen LogP contribution is -2.19. The zero-order chi connectivity index (χ0) is 17.9. The average molecular weight is 356 g/mol. The molecule has 0 spiro atoms. The van der Waals surface area contributed by atoms with E-state index in [4.69, 9.17) is 0 Å². The fourth-order valence-corrected chi connectivity index (χ4v) is 4.02. The minimum atomic E-state index is -4.34. The fraction of sp³-hybridized carbons (Fsp3) is 0.474. The number of halogens is 3. The summed E-state index contributed by atoms with van der Waals surface area (Å²) in [6.07, 6.45) is -0.536. The number of alkyl halides is 3. The van der Waals surface area contributed by atoms with Crippen molar-refractivity contribution in [2.24, 2.45) is 5.92 Å². The molecule has 1 aliphatic rings. The highest BCUT2D eigenvalue weighted by Gasteiger charge is 2.30. The summed E-state index contributed by atoms with van der Waals surface area (Å²) in [7, 11) is 0. The van der Waals surface area contributed by atoms with Gasteiger partial charge in [-0.1, -0.05) is 48.9 Å². The van der Waals surface area contributed by atoms with Crippen LogP contribution in [-0.4, -0.2) is 11.2 Å². The van der Waals surface area contributed by atoms with Gasteiger partial charge in [-0.25, -0.2) is 0 Å². The Morgan fingerprint density at radius 3 is 2.17 bits per heavy atom. The molecule has 1 N–H and O–H groups in total. The van der Waals surface area contributed by atoms with Gasteiger partial charge in [0.2, 0.25) is 0 Å². The van der Waals surface area contributed by atoms with Crippen LogP contribution in [0.2, 0.25) is 0 Å². The van der Waals surface area contributed by atoms with Crippen molar-refractivity contribution in [2.75, 3.05) is 0 Å². The van der Waals surface area contributed by atoms with Crippen molar-refractivity contribution < 1.29 is 18.3 Å². The maximum absolute atomic E-state index is 12.6. The summed E-state index contributed by atoms with van der Waals surface area (Å²) in [6, 6.07) is 5.00. The molecule has 0 heterocycles. The third-order valence-electron chi connectivity index (χ3n) is 4.38. The van der Waals surface area contributed by atoms with Gasteiger partial charge in [0.05, 0.1) is 11.7 Å². The van der Waals surface area contributed by atoms with Crippen LogP contribution in [0.15, 0.2) is 41.3 Å². The highest BCUT2D eigenvalue weighted by atomic mass is 32.2. The molecule has 1 fully saturated rings. The maximum Gasteiger partial charge on any atom is 0.416 e. The first-order valence-electron chi connectivity index (χ1n) is 8.10. The van der Waals surface area contributed by atoms with Crippen molar-refractivity contribution in [3.8, 4) is 0 Å². The number of hydrogen-bond donors (Lipinski definition) is 1. The number of aliphatic hydroxyl groups excluding tert-OH is 1. The van der Waals surface area contributed by atoms with E-state index >= 15 is 0 Å². The molecule has 2 rings (SSSR count). The predicted molar refractivity (Wildman–Crippen MR) is 94.4 cm³/mol. The SMILES string of the molecule is C=C(SC(=C(C)C)C(O)C1CCCC1)c1ccc(C(F)(F)F)cc1. The van der Waals surface area contributed by atoms with Crippen LogP contribution in [0.4, 0.5) is 13.2 Å². The van der Waals surface area contributed by atoms with Gasteiger partial charge in [-0.2, -0.15) is 13.2 Å². The Balaban J connectivity index is 2.12. The van der Waals surface area contributed by atoms with Gasteiger partial charge >= 0.3 is 6.18 Å². The molecule has 1 unspecified atom stereocenters. The van der Waals surface area contributed by atoms with Gasteiger partial charge in [-0.05, 0) is 50.3 Å². The van der Waals surface area contributed by atoms with Crippen LogP contribution in [0.3, 0.4) is 0 Å². The molecule has 1 nitrogen and oxygen atoms in total. The molecule has 0 aromatic heterocycles. The minimum Gasteiger partial charge on any atom is -0.388 e. The number of aliphatic hydroxyl groups is 1. The molecule has 0 amide bonds. The Morgan fingerprint density at radius 2 is 1.71 bits per heavy atom. The summed E-state index contributed by atoms with van der Waals surface area (Å²) < 4.78 is 37.9. The molecule has 1 saturated carbocycles. The first-order chi connectivity index (χ1) is 11.2. The van der Waals surface area contributed by atoms with Gasteiger partial charge in [0.15, 0.2) is 0 Å². The van der Waals surface area contributed by atoms with E-state index in [2.05, 4.69) is 6.58 Å². The Labute approximate surface area is 145 Å². The lowest BCUT2D eigenvalue weighted by Gasteiger charge is -2.23. The van der Waals surface area contributed by atoms with E-state index < -0.39 is 17.8 Å². The fourth-order valence-electron chi connectivity index (χ4n) is 2.98. The smallest absolute Gasteiger partial charge is 0.388 e. The van der Waals surface area contributed by atoms with Crippen molar-refractivity contribution in [3.05, 3.63) is 52.4 Å². The van der Waals surface area contributed by atoms with Crippen LogP contribution in [0.25, 0.3) is 4.91 Å². The molecular weight excluding hydrogens is 333 g/mol. The number of hydrogen-bond acceptors (Lipinski definition) is 2. The van der Waals surface area contributed by atoms with Crippen molar-refractivity contribution in [1.82, 2.24) is 0 Å². The molecule has 0 saturated heterocycles. The van der Waals surface area contributed by atoms with E-state index in [1.807, 2.05) is 13.8 Å². The Kier molecular flexibility index (Phi) is 6.21. The van der Waals surface area contributed by atoms with Gasteiger partial charge in [-0.3, -0.25) is 0 Å². The summed E-state index contributed by atoms with van der Waals surface area (Å²) in [4.78, 5) is 1.52. The van der Waals surface area contributed by atoms with E-state index in [0.29, 0.717) is 10.5 Å². The molecule has 1 aliphatic carbocycles. The lowest BCUT2D eigenvalue weighted by molar-refractivity contribution is -0.137. The Bertz CT molecular complexity index is 606. The van der Waals surface area contributed by atoms with Crippen LogP contribution in [0.1, 0.15) is 50.7 Å². The molecule has 24 heavy (non-hydrogen) atoms. The van der Waals surface area contributed by atoms with Gasteiger partial charge in [0.25, 0.3) is 0 Å². The minimum absolute atomic E-state index is 0.266. The van der Waals surface area contributed by atoms with E-state index in [1.165, 1.54) is 23.9 Å². The summed E-state index contributed by atoms with van der Waals surface area (Å²) in [5, 5.41) is 10.7. The van der Waals surface area contributed by atoms with E-state index in [-0.39, 0.29) is 5.92 Å².